The Kier molecular flexibility index (Phi) is 6.44. The van der Waals surface area contributed by atoms with Crippen molar-refractivity contribution in [1.29, 1.82) is 0 Å². The molecule has 4 rings (SSSR count). The summed E-state index contributed by atoms with van der Waals surface area (Å²) in [5.74, 6) is 0. The standard InChI is InChI=1S/C21H25ClN4O5/c22-14-3-1-2-4-15(14)24-21(31)23-10-11-5-6-12-13(9-11)20(30)26(19(12)29)16-7-8-17(27)25-18(16)28/h1-6,9,16-20,25,27-30H,7-8,10H2,(H2,23,24,31). The van der Waals surface area contributed by atoms with Gasteiger partial charge >= 0.3 is 6.03 Å². The minimum atomic E-state index is -1.13. The normalized spacial score (nSPS) is 28.2. The molecule has 0 bridgehead atoms. The number of aliphatic hydroxyl groups is 4. The number of fused-ring (bicyclic) bond motifs is 1. The van der Waals surface area contributed by atoms with Crippen LogP contribution < -0.4 is 16.0 Å². The SMILES string of the molecule is O=C(NCc1ccc2c(c1)C(O)N(C1CCC(O)NC1O)C2O)Nc1ccccc1Cl. The van der Waals surface area contributed by atoms with Gasteiger partial charge in [0.15, 0.2) is 0 Å². The number of piperidine rings is 1. The van der Waals surface area contributed by atoms with Crippen molar-refractivity contribution < 1.29 is 25.2 Å². The lowest BCUT2D eigenvalue weighted by Crippen LogP contribution is -2.57. The van der Waals surface area contributed by atoms with Crippen LogP contribution in [0.1, 0.15) is 42.0 Å². The van der Waals surface area contributed by atoms with Crippen molar-refractivity contribution in [3.05, 3.63) is 64.2 Å². The molecule has 0 radical (unpaired) electrons. The van der Waals surface area contributed by atoms with Crippen molar-refractivity contribution in [1.82, 2.24) is 15.5 Å². The monoisotopic (exact) mass is 448 g/mol. The van der Waals surface area contributed by atoms with Crippen LogP contribution in [0.2, 0.25) is 5.02 Å². The molecule has 2 aliphatic heterocycles. The third kappa shape index (κ3) is 4.53. The number of nitrogens with zero attached hydrogens (tertiary/aromatic N) is 1. The van der Waals surface area contributed by atoms with Gasteiger partial charge in [-0.1, -0.05) is 35.9 Å². The lowest BCUT2D eigenvalue weighted by Gasteiger charge is -2.40. The molecule has 1 fully saturated rings. The number of aliphatic hydroxyl groups excluding tert-OH is 4. The van der Waals surface area contributed by atoms with E-state index < -0.39 is 37.0 Å². The Labute approximate surface area is 184 Å². The van der Waals surface area contributed by atoms with Crippen molar-refractivity contribution in [2.24, 2.45) is 0 Å². The lowest BCUT2D eigenvalue weighted by atomic mass is 10.0. The molecule has 2 amide bonds. The summed E-state index contributed by atoms with van der Waals surface area (Å²) in [7, 11) is 0. The molecule has 9 nitrogen and oxygen atoms in total. The molecule has 2 aromatic rings. The number of para-hydroxylation sites is 1. The number of anilines is 1. The highest BCUT2D eigenvalue weighted by atomic mass is 35.5. The van der Waals surface area contributed by atoms with E-state index in [1.807, 2.05) is 0 Å². The Morgan fingerprint density at radius 1 is 1.06 bits per heavy atom. The van der Waals surface area contributed by atoms with Crippen LogP contribution in [0.15, 0.2) is 42.5 Å². The highest BCUT2D eigenvalue weighted by Crippen LogP contribution is 2.42. The van der Waals surface area contributed by atoms with Gasteiger partial charge in [0, 0.05) is 17.7 Å². The second-order valence-corrected chi connectivity index (χ2v) is 8.12. The molecule has 1 saturated heterocycles. The second kappa shape index (κ2) is 9.09. The number of amides is 2. The number of hydrogen-bond donors (Lipinski definition) is 7. The van der Waals surface area contributed by atoms with E-state index in [-0.39, 0.29) is 6.54 Å². The fourth-order valence-electron chi connectivity index (χ4n) is 4.11. The average Bonchev–Trinajstić information content (AvgIpc) is 2.98. The summed E-state index contributed by atoms with van der Waals surface area (Å²) in [6, 6.07) is 11.1. The quantitative estimate of drug-likeness (QED) is 0.375. The summed E-state index contributed by atoms with van der Waals surface area (Å²) < 4.78 is 0. The zero-order chi connectivity index (χ0) is 22.1. The molecule has 2 aliphatic rings. The van der Waals surface area contributed by atoms with Crippen LogP contribution in [-0.4, -0.2) is 49.9 Å². The first-order valence-electron chi connectivity index (χ1n) is 10.0. The Morgan fingerprint density at radius 3 is 2.55 bits per heavy atom. The summed E-state index contributed by atoms with van der Waals surface area (Å²) in [6.45, 7) is 0.201. The summed E-state index contributed by atoms with van der Waals surface area (Å²) in [6.07, 6.45) is -3.32. The van der Waals surface area contributed by atoms with Crippen molar-refractivity contribution in [3.63, 3.8) is 0 Å². The Hall–Kier alpha value is -2.24. The molecule has 0 saturated carbocycles. The highest BCUT2D eigenvalue weighted by molar-refractivity contribution is 6.33. The average molecular weight is 449 g/mol. The number of halogens is 1. The highest BCUT2D eigenvalue weighted by Gasteiger charge is 2.44. The van der Waals surface area contributed by atoms with Gasteiger partial charge in [-0.15, -0.1) is 0 Å². The van der Waals surface area contributed by atoms with Crippen LogP contribution in [0.3, 0.4) is 0 Å². The molecule has 2 heterocycles. The van der Waals surface area contributed by atoms with Gasteiger partial charge < -0.3 is 31.1 Å². The number of rotatable bonds is 4. The van der Waals surface area contributed by atoms with Gasteiger partial charge in [-0.3, -0.25) is 5.32 Å². The Morgan fingerprint density at radius 2 is 1.81 bits per heavy atom. The largest absolute Gasteiger partial charge is 0.379 e. The van der Waals surface area contributed by atoms with Gasteiger partial charge in [0.25, 0.3) is 0 Å². The van der Waals surface area contributed by atoms with Gasteiger partial charge in [0.1, 0.15) is 24.9 Å². The lowest BCUT2D eigenvalue weighted by molar-refractivity contribution is -0.159. The summed E-state index contributed by atoms with van der Waals surface area (Å²) in [5, 5.41) is 49.9. The van der Waals surface area contributed by atoms with E-state index in [1.165, 1.54) is 4.90 Å². The van der Waals surface area contributed by atoms with E-state index >= 15 is 0 Å². The maximum absolute atomic E-state index is 12.2. The topological polar surface area (TPSA) is 137 Å². The van der Waals surface area contributed by atoms with E-state index in [2.05, 4.69) is 16.0 Å². The fourth-order valence-corrected chi connectivity index (χ4v) is 4.30. The summed E-state index contributed by atoms with van der Waals surface area (Å²) in [4.78, 5) is 13.6. The molecule has 0 aromatic heterocycles. The van der Waals surface area contributed by atoms with Crippen molar-refractivity contribution in [2.45, 2.75) is 50.3 Å². The van der Waals surface area contributed by atoms with Gasteiger partial charge in [-0.2, -0.15) is 0 Å². The van der Waals surface area contributed by atoms with E-state index in [4.69, 9.17) is 11.6 Å². The minimum Gasteiger partial charge on any atom is -0.379 e. The third-order valence-corrected chi connectivity index (χ3v) is 6.02. The number of urea groups is 1. The number of nitrogens with one attached hydrogen (secondary N) is 3. The summed E-state index contributed by atoms with van der Waals surface area (Å²) in [5.41, 5.74) is 2.28. The van der Waals surface area contributed by atoms with Crippen LogP contribution >= 0.6 is 11.6 Å². The second-order valence-electron chi connectivity index (χ2n) is 7.72. The number of benzene rings is 2. The summed E-state index contributed by atoms with van der Waals surface area (Å²) >= 11 is 6.04. The molecule has 0 aliphatic carbocycles. The maximum atomic E-state index is 12.2. The number of carbonyl (C=O) groups is 1. The van der Waals surface area contributed by atoms with E-state index in [1.54, 1.807) is 42.5 Å². The zero-order valence-corrected chi connectivity index (χ0v) is 17.3. The van der Waals surface area contributed by atoms with Crippen molar-refractivity contribution >= 4 is 23.3 Å². The van der Waals surface area contributed by atoms with Crippen LogP contribution in [0.5, 0.6) is 0 Å². The van der Waals surface area contributed by atoms with E-state index in [9.17, 15) is 25.2 Å². The predicted octanol–water partition coefficient (Wildman–Crippen LogP) is 1.35. The molecule has 2 aromatic carbocycles. The Bertz CT molecular complexity index is 961. The van der Waals surface area contributed by atoms with Gasteiger partial charge in [-0.05, 0) is 36.6 Å². The van der Waals surface area contributed by atoms with Crippen LogP contribution in [0.4, 0.5) is 10.5 Å². The third-order valence-electron chi connectivity index (χ3n) is 5.69. The van der Waals surface area contributed by atoms with Crippen LogP contribution in [0, 0.1) is 0 Å². The maximum Gasteiger partial charge on any atom is 0.319 e. The first-order valence-corrected chi connectivity index (χ1v) is 10.4. The van der Waals surface area contributed by atoms with Crippen molar-refractivity contribution in [2.75, 3.05) is 5.32 Å². The molecule has 7 N–H and O–H groups in total. The molecule has 31 heavy (non-hydrogen) atoms. The van der Waals surface area contributed by atoms with E-state index in [0.29, 0.717) is 34.7 Å². The van der Waals surface area contributed by atoms with Gasteiger partial charge in [-0.25, -0.2) is 9.69 Å². The number of hydrogen-bond acceptors (Lipinski definition) is 7. The smallest absolute Gasteiger partial charge is 0.319 e. The zero-order valence-electron chi connectivity index (χ0n) is 16.6. The van der Waals surface area contributed by atoms with Crippen LogP contribution in [-0.2, 0) is 6.54 Å². The van der Waals surface area contributed by atoms with Gasteiger partial charge in [0.05, 0.1) is 16.8 Å². The minimum absolute atomic E-state index is 0.201. The molecule has 0 spiro atoms. The fraction of sp³-hybridized carbons (Fsp3) is 0.381. The molecule has 166 valence electrons. The molecule has 5 atom stereocenters. The molecular formula is C21H25ClN4O5. The van der Waals surface area contributed by atoms with E-state index in [0.717, 1.165) is 5.56 Å². The molecule has 5 unspecified atom stereocenters. The van der Waals surface area contributed by atoms with Gasteiger partial charge in [0.2, 0.25) is 0 Å². The molecule has 10 heteroatoms. The van der Waals surface area contributed by atoms with Crippen molar-refractivity contribution in [3.8, 4) is 0 Å². The Balaban J connectivity index is 1.42. The number of carbonyl (C=O) groups excluding carboxylic acids is 1. The first-order chi connectivity index (χ1) is 14.8. The first kappa shape index (κ1) is 22.0. The molecular weight excluding hydrogens is 424 g/mol. The predicted molar refractivity (Wildman–Crippen MR) is 114 cm³/mol. The van der Waals surface area contributed by atoms with Crippen LogP contribution in [0.25, 0.3) is 0 Å².